The van der Waals surface area contributed by atoms with Crippen molar-refractivity contribution in [1.29, 1.82) is 0 Å². The summed E-state index contributed by atoms with van der Waals surface area (Å²) in [4.78, 5) is 28.8. The van der Waals surface area contributed by atoms with Crippen molar-refractivity contribution in [2.24, 2.45) is 5.92 Å². The molecular formula is C15H21N3O3. The van der Waals surface area contributed by atoms with Crippen LogP contribution >= 0.6 is 0 Å². The van der Waals surface area contributed by atoms with Crippen molar-refractivity contribution in [1.82, 2.24) is 15.2 Å². The Labute approximate surface area is 124 Å². The Morgan fingerprint density at radius 2 is 2.14 bits per heavy atom. The molecule has 0 spiro atoms. The first-order valence-electron chi connectivity index (χ1n) is 7.24. The summed E-state index contributed by atoms with van der Waals surface area (Å²) in [6, 6.07) is 3.70. The van der Waals surface area contributed by atoms with Crippen LogP contribution in [-0.4, -0.2) is 46.1 Å². The molecule has 1 aromatic rings. The van der Waals surface area contributed by atoms with Gasteiger partial charge in [-0.2, -0.15) is 0 Å². The number of amides is 2. The molecule has 1 fully saturated rings. The van der Waals surface area contributed by atoms with Gasteiger partial charge < -0.3 is 15.3 Å². The standard InChI is InChI=1S/C15H21N3O3/c1-11-10-13(14(19)20)5-9-18(11)15(21)17-8-4-12-2-6-16-7-3-12/h2-3,6-7,11,13H,4-5,8-10H2,1H3,(H,17,21)(H,19,20). The number of nitrogens with one attached hydrogen (secondary N) is 1. The number of rotatable bonds is 4. The molecule has 21 heavy (non-hydrogen) atoms. The fraction of sp³-hybridized carbons (Fsp3) is 0.533. The summed E-state index contributed by atoms with van der Waals surface area (Å²) in [6.45, 7) is 2.96. The topological polar surface area (TPSA) is 82.5 Å². The molecule has 1 aliphatic heterocycles. The van der Waals surface area contributed by atoms with Crippen LogP contribution in [0, 0.1) is 5.92 Å². The van der Waals surface area contributed by atoms with Crippen LogP contribution in [0.1, 0.15) is 25.3 Å². The molecule has 2 amide bonds. The SMILES string of the molecule is CC1CC(C(=O)O)CCN1C(=O)NCCc1ccncc1. The van der Waals surface area contributed by atoms with E-state index in [4.69, 9.17) is 5.11 Å². The van der Waals surface area contributed by atoms with Gasteiger partial charge in [-0.1, -0.05) is 0 Å². The summed E-state index contributed by atoms with van der Waals surface area (Å²) in [5.74, 6) is -1.10. The lowest BCUT2D eigenvalue weighted by Gasteiger charge is -2.36. The molecule has 2 rings (SSSR count). The Balaban J connectivity index is 1.77. The molecule has 1 aliphatic rings. The Morgan fingerprint density at radius 1 is 1.43 bits per heavy atom. The van der Waals surface area contributed by atoms with Crippen LogP contribution < -0.4 is 5.32 Å². The molecular weight excluding hydrogens is 270 g/mol. The minimum absolute atomic E-state index is 0.0409. The molecule has 2 N–H and O–H groups in total. The highest BCUT2D eigenvalue weighted by Crippen LogP contribution is 2.22. The summed E-state index contributed by atoms with van der Waals surface area (Å²) in [6.07, 6.45) is 5.27. The molecule has 114 valence electrons. The molecule has 2 unspecified atom stereocenters. The van der Waals surface area contributed by atoms with Gasteiger partial charge in [-0.3, -0.25) is 9.78 Å². The summed E-state index contributed by atoms with van der Waals surface area (Å²) >= 11 is 0. The van der Waals surface area contributed by atoms with Gasteiger partial charge in [0.25, 0.3) is 0 Å². The number of piperidine rings is 1. The normalized spacial score (nSPS) is 21.9. The van der Waals surface area contributed by atoms with Crippen molar-refractivity contribution in [3.63, 3.8) is 0 Å². The van der Waals surface area contributed by atoms with E-state index in [1.807, 2.05) is 19.1 Å². The minimum atomic E-state index is -0.764. The Hall–Kier alpha value is -2.11. The molecule has 0 saturated carbocycles. The van der Waals surface area contributed by atoms with Gasteiger partial charge in [0, 0.05) is 31.5 Å². The van der Waals surface area contributed by atoms with Crippen LogP contribution in [0.5, 0.6) is 0 Å². The van der Waals surface area contributed by atoms with Crippen molar-refractivity contribution < 1.29 is 14.7 Å². The number of nitrogens with zero attached hydrogens (tertiary/aromatic N) is 2. The molecule has 2 atom stereocenters. The molecule has 1 aromatic heterocycles. The number of carbonyl (C=O) groups is 2. The van der Waals surface area contributed by atoms with Gasteiger partial charge in [0.05, 0.1) is 5.92 Å². The highest BCUT2D eigenvalue weighted by Gasteiger charge is 2.31. The predicted molar refractivity (Wildman–Crippen MR) is 77.9 cm³/mol. The van der Waals surface area contributed by atoms with Crippen LogP contribution in [-0.2, 0) is 11.2 Å². The first-order chi connectivity index (χ1) is 10.1. The van der Waals surface area contributed by atoms with Crippen LogP contribution in [0.2, 0.25) is 0 Å². The van der Waals surface area contributed by atoms with Crippen molar-refractivity contribution in [3.05, 3.63) is 30.1 Å². The molecule has 6 heteroatoms. The van der Waals surface area contributed by atoms with Crippen LogP contribution in [0.25, 0.3) is 0 Å². The van der Waals surface area contributed by atoms with E-state index in [2.05, 4.69) is 10.3 Å². The number of aromatic nitrogens is 1. The second kappa shape index (κ2) is 7.06. The maximum atomic E-state index is 12.1. The zero-order valence-corrected chi connectivity index (χ0v) is 12.2. The maximum absolute atomic E-state index is 12.1. The van der Waals surface area contributed by atoms with Crippen molar-refractivity contribution in [2.75, 3.05) is 13.1 Å². The van der Waals surface area contributed by atoms with E-state index in [1.54, 1.807) is 17.3 Å². The van der Waals surface area contributed by atoms with Crippen LogP contribution in [0.4, 0.5) is 4.79 Å². The van der Waals surface area contributed by atoms with E-state index in [0.29, 0.717) is 25.9 Å². The number of carboxylic acid groups (broad SMARTS) is 1. The maximum Gasteiger partial charge on any atom is 0.317 e. The van der Waals surface area contributed by atoms with E-state index in [0.717, 1.165) is 12.0 Å². The molecule has 2 heterocycles. The Bertz CT molecular complexity index is 492. The van der Waals surface area contributed by atoms with Crippen molar-refractivity contribution >= 4 is 12.0 Å². The molecule has 0 radical (unpaired) electrons. The third kappa shape index (κ3) is 4.18. The number of likely N-dealkylation sites (tertiary alicyclic amines) is 1. The molecule has 1 saturated heterocycles. The smallest absolute Gasteiger partial charge is 0.317 e. The third-order valence-corrected chi connectivity index (χ3v) is 3.93. The lowest BCUT2D eigenvalue weighted by Crippen LogP contribution is -2.50. The fourth-order valence-corrected chi connectivity index (χ4v) is 2.66. The molecule has 0 aliphatic carbocycles. The van der Waals surface area contributed by atoms with Gasteiger partial charge in [-0.05, 0) is 43.9 Å². The van der Waals surface area contributed by atoms with Gasteiger partial charge in [-0.15, -0.1) is 0 Å². The average Bonchev–Trinajstić information content (AvgIpc) is 2.48. The number of urea groups is 1. The van der Waals surface area contributed by atoms with Gasteiger partial charge in [-0.25, -0.2) is 4.79 Å². The van der Waals surface area contributed by atoms with Gasteiger partial charge in [0.1, 0.15) is 0 Å². The van der Waals surface area contributed by atoms with Gasteiger partial charge in [0.15, 0.2) is 0 Å². The van der Waals surface area contributed by atoms with Gasteiger partial charge in [0.2, 0.25) is 0 Å². The van der Waals surface area contributed by atoms with E-state index >= 15 is 0 Å². The highest BCUT2D eigenvalue weighted by molar-refractivity contribution is 5.75. The minimum Gasteiger partial charge on any atom is -0.481 e. The number of hydrogen-bond donors (Lipinski definition) is 2. The summed E-state index contributed by atoms with van der Waals surface area (Å²) in [5, 5.41) is 11.9. The number of carboxylic acids is 1. The van der Waals surface area contributed by atoms with E-state index < -0.39 is 5.97 Å². The molecule has 0 aromatic carbocycles. The monoisotopic (exact) mass is 291 g/mol. The predicted octanol–water partition coefficient (Wildman–Crippen LogP) is 1.52. The summed E-state index contributed by atoms with van der Waals surface area (Å²) in [7, 11) is 0. The largest absolute Gasteiger partial charge is 0.481 e. The van der Waals surface area contributed by atoms with Crippen molar-refractivity contribution in [3.8, 4) is 0 Å². The quantitative estimate of drug-likeness (QED) is 0.881. The van der Waals surface area contributed by atoms with E-state index in [9.17, 15) is 9.59 Å². The van der Waals surface area contributed by atoms with Crippen LogP contribution in [0.3, 0.4) is 0 Å². The van der Waals surface area contributed by atoms with E-state index in [1.165, 1.54) is 0 Å². The third-order valence-electron chi connectivity index (χ3n) is 3.93. The van der Waals surface area contributed by atoms with Gasteiger partial charge >= 0.3 is 12.0 Å². The Kier molecular flexibility index (Phi) is 5.14. The van der Waals surface area contributed by atoms with E-state index in [-0.39, 0.29) is 18.0 Å². The lowest BCUT2D eigenvalue weighted by atomic mass is 9.92. The fourth-order valence-electron chi connectivity index (χ4n) is 2.66. The number of hydrogen-bond acceptors (Lipinski definition) is 3. The first-order valence-corrected chi connectivity index (χ1v) is 7.24. The summed E-state index contributed by atoms with van der Waals surface area (Å²) in [5.41, 5.74) is 1.13. The van der Waals surface area contributed by atoms with Crippen LogP contribution in [0.15, 0.2) is 24.5 Å². The average molecular weight is 291 g/mol. The summed E-state index contributed by atoms with van der Waals surface area (Å²) < 4.78 is 0. The molecule has 6 nitrogen and oxygen atoms in total. The molecule has 0 bridgehead atoms. The number of carbonyl (C=O) groups excluding carboxylic acids is 1. The number of pyridine rings is 1. The zero-order valence-electron chi connectivity index (χ0n) is 12.2. The van der Waals surface area contributed by atoms with Crippen molar-refractivity contribution in [2.45, 2.75) is 32.2 Å². The Morgan fingerprint density at radius 3 is 2.76 bits per heavy atom. The first kappa shape index (κ1) is 15.3. The number of aliphatic carboxylic acids is 1. The second-order valence-electron chi connectivity index (χ2n) is 5.44. The highest BCUT2D eigenvalue weighted by atomic mass is 16.4. The zero-order chi connectivity index (χ0) is 15.2. The lowest BCUT2D eigenvalue weighted by molar-refractivity contribution is -0.143. The second-order valence-corrected chi connectivity index (χ2v) is 5.44.